The number of nitrogens with zero attached hydrogens (tertiary/aromatic N) is 5. The lowest BCUT2D eigenvalue weighted by Crippen LogP contribution is -2.44. The Kier molecular flexibility index (Phi) is 5.25. The first-order valence-corrected chi connectivity index (χ1v) is 10.0. The van der Waals surface area contributed by atoms with Crippen LogP contribution >= 0.6 is 11.3 Å². The number of piperidine rings is 1. The SMILES string of the molecule is CN(C)c1nccnc1OC1CCCN(C(=O)c2cc(-c3cccs3)[nH]n2)C1. The van der Waals surface area contributed by atoms with Crippen LogP contribution in [-0.2, 0) is 0 Å². The zero-order chi connectivity index (χ0) is 19.5. The van der Waals surface area contributed by atoms with Gasteiger partial charge in [-0.25, -0.2) is 9.97 Å². The molecule has 1 amide bonds. The summed E-state index contributed by atoms with van der Waals surface area (Å²) in [5.41, 5.74) is 1.29. The molecule has 0 aliphatic carbocycles. The molecule has 1 aliphatic heterocycles. The molecule has 28 heavy (non-hydrogen) atoms. The van der Waals surface area contributed by atoms with Crippen LogP contribution in [0, 0.1) is 0 Å². The Bertz CT molecular complexity index is 940. The maximum atomic E-state index is 12.9. The van der Waals surface area contributed by atoms with E-state index in [1.165, 1.54) is 0 Å². The molecular formula is C19H22N6O2S. The summed E-state index contributed by atoms with van der Waals surface area (Å²) in [5, 5.41) is 9.17. The highest BCUT2D eigenvalue weighted by Gasteiger charge is 2.28. The van der Waals surface area contributed by atoms with Crippen molar-refractivity contribution in [3.05, 3.63) is 41.7 Å². The average molecular weight is 398 g/mol. The topological polar surface area (TPSA) is 87.2 Å². The van der Waals surface area contributed by atoms with E-state index in [-0.39, 0.29) is 12.0 Å². The van der Waals surface area contributed by atoms with E-state index in [0.29, 0.717) is 30.5 Å². The summed E-state index contributed by atoms with van der Waals surface area (Å²) < 4.78 is 6.09. The Labute approximate surface area is 167 Å². The normalized spacial score (nSPS) is 16.8. The Morgan fingerprint density at radius 1 is 1.36 bits per heavy atom. The van der Waals surface area contributed by atoms with E-state index in [0.717, 1.165) is 23.4 Å². The fraction of sp³-hybridized carbons (Fsp3) is 0.368. The lowest BCUT2D eigenvalue weighted by molar-refractivity contribution is 0.0523. The van der Waals surface area contributed by atoms with Crippen LogP contribution in [0.25, 0.3) is 10.6 Å². The van der Waals surface area contributed by atoms with Crippen LogP contribution in [0.4, 0.5) is 5.82 Å². The van der Waals surface area contributed by atoms with Crippen LogP contribution in [0.3, 0.4) is 0 Å². The molecule has 8 nitrogen and oxygen atoms in total. The van der Waals surface area contributed by atoms with E-state index < -0.39 is 0 Å². The first kappa shape index (κ1) is 18.4. The summed E-state index contributed by atoms with van der Waals surface area (Å²) in [6.45, 7) is 1.20. The maximum Gasteiger partial charge on any atom is 0.274 e. The standard InChI is InChI=1S/C19H22N6O2S/c1-24(2)17-18(21-8-7-20-17)27-13-5-3-9-25(12-13)19(26)15-11-14(22-23-15)16-6-4-10-28-16/h4,6-8,10-11,13H,3,5,9,12H2,1-2H3,(H,22,23). The van der Waals surface area contributed by atoms with Crippen LogP contribution in [0.1, 0.15) is 23.3 Å². The minimum Gasteiger partial charge on any atom is -0.470 e. The summed E-state index contributed by atoms with van der Waals surface area (Å²) >= 11 is 1.61. The minimum atomic E-state index is -0.121. The number of aromatic amines is 1. The number of hydrogen-bond acceptors (Lipinski definition) is 7. The molecule has 0 spiro atoms. The fourth-order valence-corrected chi connectivity index (χ4v) is 3.93. The zero-order valence-corrected chi connectivity index (χ0v) is 16.6. The monoisotopic (exact) mass is 398 g/mol. The average Bonchev–Trinajstić information content (AvgIpc) is 3.39. The van der Waals surface area contributed by atoms with Gasteiger partial charge in [-0.3, -0.25) is 9.89 Å². The third kappa shape index (κ3) is 3.84. The molecule has 1 fully saturated rings. The first-order chi connectivity index (χ1) is 13.6. The summed E-state index contributed by atoms with van der Waals surface area (Å²) in [6.07, 6.45) is 4.87. The van der Waals surface area contributed by atoms with Crippen molar-refractivity contribution >= 4 is 23.1 Å². The summed E-state index contributed by atoms with van der Waals surface area (Å²) in [6, 6.07) is 5.79. The molecule has 0 bridgehead atoms. The molecule has 4 heterocycles. The largest absolute Gasteiger partial charge is 0.470 e. The molecule has 0 saturated carbocycles. The minimum absolute atomic E-state index is 0.0839. The molecule has 3 aromatic heterocycles. The van der Waals surface area contributed by atoms with Gasteiger partial charge in [0.15, 0.2) is 11.5 Å². The quantitative estimate of drug-likeness (QED) is 0.711. The van der Waals surface area contributed by atoms with Gasteiger partial charge in [0, 0.05) is 33.0 Å². The molecule has 1 unspecified atom stereocenters. The zero-order valence-electron chi connectivity index (χ0n) is 15.8. The fourth-order valence-electron chi connectivity index (χ4n) is 3.24. The molecule has 1 N–H and O–H groups in total. The molecule has 9 heteroatoms. The van der Waals surface area contributed by atoms with Crippen LogP contribution < -0.4 is 9.64 Å². The highest BCUT2D eigenvalue weighted by atomic mass is 32.1. The summed E-state index contributed by atoms with van der Waals surface area (Å²) in [4.78, 5) is 26.3. The lowest BCUT2D eigenvalue weighted by atomic mass is 10.1. The maximum absolute atomic E-state index is 12.9. The van der Waals surface area contributed by atoms with Gasteiger partial charge in [-0.05, 0) is 30.4 Å². The summed E-state index contributed by atoms with van der Waals surface area (Å²) in [5.74, 6) is 1.09. The second-order valence-electron chi connectivity index (χ2n) is 6.86. The number of H-pyrrole nitrogens is 1. The van der Waals surface area contributed by atoms with Gasteiger partial charge in [0.25, 0.3) is 11.8 Å². The highest BCUT2D eigenvalue weighted by molar-refractivity contribution is 7.13. The number of anilines is 1. The van der Waals surface area contributed by atoms with Crippen molar-refractivity contribution in [1.29, 1.82) is 0 Å². The number of ether oxygens (including phenoxy) is 1. The molecule has 3 aromatic rings. The lowest BCUT2D eigenvalue weighted by Gasteiger charge is -2.32. The number of thiophene rings is 1. The van der Waals surface area contributed by atoms with E-state index >= 15 is 0 Å². The Hall–Kier alpha value is -2.94. The van der Waals surface area contributed by atoms with Gasteiger partial charge >= 0.3 is 0 Å². The molecule has 0 radical (unpaired) electrons. The molecule has 1 atom stereocenters. The van der Waals surface area contributed by atoms with Crippen LogP contribution in [0.5, 0.6) is 5.88 Å². The van der Waals surface area contributed by atoms with Gasteiger partial charge < -0.3 is 14.5 Å². The molecular weight excluding hydrogens is 376 g/mol. The molecule has 1 saturated heterocycles. The summed E-state index contributed by atoms with van der Waals surface area (Å²) in [7, 11) is 3.80. The Morgan fingerprint density at radius 2 is 2.21 bits per heavy atom. The van der Waals surface area contributed by atoms with Gasteiger partial charge in [0.2, 0.25) is 0 Å². The van der Waals surface area contributed by atoms with Crippen molar-refractivity contribution in [3.8, 4) is 16.5 Å². The van der Waals surface area contributed by atoms with E-state index in [4.69, 9.17) is 4.74 Å². The highest BCUT2D eigenvalue weighted by Crippen LogP contribution is 2.26. The van der Waals surface area contributed by atoms with Crippen molar-refractivity contribution in [3.63, 3.8) is 0 Å². The predicted octanol–water partition coefficient (Wildman–Crippen LogP) is 2.68. The van der Waals surface area contributed by atoms with Gasteiger partial charge in [0.1, 0.15) is 6.10 Å². The Morgan fingerprint density at radius 3 is 3.00 bits per heavy atom. The van der Waals surface area contributed by atoms with Crippen LogP contribution in [-0.4, -0.2) is 64.3 Å². The number of aromatic nitrogens is 4. The van der Waals surface area contributed by atoms with E-state index in [9.17, 15) is 4.79 Å². The van der Waals surface area contributed by atoms with Crippen molar-refractivity contribution < 1.29 is 9.53 Å². The number of likely N-dealkylation sites (tertiary alicyclic amines) is 1. The van der Waals surface area contributed by atoms with Crippen LogP contribution in [0.2, 0.25) is 0 Å². The van der Waals surface area contributed by atoms with Crippen molar-refractivity contribution in [1.82, 2.24) is 25.1 Å². The number of rotatable bonds is 5. The first-order valence-electron chi connectivity index (χ1n) is 9.15. The Balaban J connectivity index is 1.45. The van der Waals surface area contributed by atoms with Gasteiger partial charge in [-0.15, -0.1) is 11.3 Å². The van der Waals surface area contributed by atoms with Gasteiger partial charge in [-0.2, -0.15) is 5.10 Å². The smallest absolute Gasteiger partial charge is 0.274 e. The molecule has 1 aliphatic rings. The predicted molar refractivity (Wildman–Crippen MR) is 108 cm³/mol. The molecule has 0 aromatic carbocycles. The van der Waals surface area contributed by atoms with Gasteiger partial charge in [-0.1, -0.05) is 6.07 Å². The van der Waals surface area contributed by atoms with Crippen molar-refractivity contribution in [2.45, 2.75) is 18.9 Å². The number of carbonyl (C=O) groups excluding carboxylic acids is 1. The third-order valence-electron chi connectivity index (χ3n) is 4.60. The van der Waals surface area contributed by atoms with E-state index in [1.54, 1.807) is 28.6 Å². The number of hydrogen-bond donors (Lipinski definition) is 1. The molecule has 146 valence electrons. The third-order valence-corrected chi connectivity index (χ3v) is 5.50. The second-order valence-corrected chi connectivity index (χ2v) is 7.80. The van der Waals surface area contributed by atoms with Crippen molar-refractivity contribution in [2.75, 3.05) is 32.1 Å². The molecule has 4 rings (SSSR count). The second kappa shape index (κ2) is 7.97. The number of amides is 1. The van der Waals surface area contributed by atoms with Gasteiger partial charge in [0.05, 0.1) is 17.1 Å². The number of nitrogens with one attached hydrogen (secondary N) is 1. The van der Waals surface area contributed by atoms with E-state index in [2.05, 4.69) is 20.2 Å². The number of carbonyl (C=O) groups is 1. The van der Waals surface area contributed by atoms with E-state index in [1.807, 2.05) is 42.6 Å². The van der Waals surface area contributed by atoms with Crippen molar-refractivity contribution in [2.24, 2.45) is 0 Å². The van der Waals surface area contributed by atoms with Crippen LogP contribution in [0.15, 0.2) is 36.0 Å².